The molecule has 1 heterocycles. The molecule has 3 heteroatoms. The van der Waals surface area contributed by atoms with Crippen LogP contribution >= 0.6 is 0 Å². The number of amides is 1. The van der Waals surface area contributed by atoms with E-state index in [4.69, 9.17) is 5.73 Å². The molecule has 2 rings (SSSR count). The van der Waals surface area contributed by atoms with E-state index in [0.717, 1.165) is 37.1 Å². The van der Waals surface area contributed by atoms with Crippen LogP contribution in [0.2, 0.25) is 0 Å². The van der Waals surface area contributed by atoms with Crippen molar-refractivity contribution in [3.63, 3.8) is 0 Å². The summed E-state index contributed by atoms with van der Waals surface area (Å²) in [5.74, 6) is 0.275. The van der Waals surface area contributed by atoms with E-state index < -0.39 is 0 Å². The van der Waals surface area contributed by atoms with Crippen molar-refractivity contribution in [1.82, 2.24) is 4.90 Å². The van der Waals surface area contributed by atoms with Gasteiger partial charge in [-0.3, -0.25) is 4.79 Å². The summed E-state index contributed by atoms with van der Waals surface area (Å²) in [5, 5.41) is 0. The smallest absolute Gasteiger partial charge is 0.223 e. The molecule has 0 spiro atoms. The monoisotopic (exact) mass is 232 g/mol. The molecule has 0 aliphatic carbocycles. The van der Waals surface area contributed by atoms with Gasteiger partial charge in [0.1, 0.15) is 0 Å². The molecule has 1 saturated heterocycles. The standard InChI is InChI=1S/C14H20N2O/c1-11(12-6-5-7-13(15)10-12)16-9-4-2-3-8-14(16)17/h5-7,10-11H,2-4,8-9,15H2,1H3. The van der Waals surface area contributed by atoms with Gasteiger partial charge in [0, 0.05) is 18.7 Å². The van der Waals surface area contributed by atoms with Crippen molar-refractivity contribution in [3.8, 4) is 0 Å². The van der Waals surface area contributed by atoms with E-state index in [1.807, 2.05) is 29.2 Å². The fourth-order valence-electron chi connectivity index (χ4n) is 2.41. The number of rotatable bonds is 2. The van der Waals surface area contributed by atoms with Crippen molar-refractivity contribution in [3.05, 3.63) is 29.8 Å². The number of nitrogens with two attached hydrogens (primary N) is 1. The summed E-state index contributed by atoms with van der Waals surface area (Å²) in [7, 11) is 0. The highest BCUT2D eigenvalue weighted by Gasteiger charge is 2.22. The number of nitrogens with zero attached hydrogens (tertiary/aromatic N) is 1. The molecule has 17 heavy (non-hydrogen) atoms. The maximum Gasteiger partial charge on any atom is 0.223 e. The number of likely N-dealkylation sites (tertiary alicyclic amines) is 1. The van der Waals surface area contributed by atoms with E-state index in [1.54, 1.807) is 0 Å². The third-order valence-corrected chi connectivity index (χ3v) is 3.47. The third kappa shape index (κ3) is 2.78. The molecule has 0 aromatic heterocycles. The van der Waals surface area contributed by atoms with Crippen LogP contribution in [0.5, 0.6) is 0 Å². The zero-order valence-corrected chi connectivity index (χ0v) is 10.4. The maximum atomic E-state index is 12.0. The molecule has 1 atom stereocenters. The molecule has 0 bridgehead atoms. The van der Waals surface area contributed by atoms with Gasteiger partial charge >= 0.3 is 0 Å². The van der Waals surface area contributed by atoms with Crippen molar-refractivity contribution in [2.45, 2.75) is 38.6 Å². The Kier molecular flexibility index (Phi) is 3.67. The van der Waals surface area contributed by atoms with E-state index in [0.29, 0.717) is 6.42 Å². The minimum absolute atomic E-state index is 0.129. The third-order valence-electron chi connectivity index (χ3n) is 3.47. The average Bonchev–Trinajstić information content (AvgIpc) is 2.53. The van der Waals surface area contributed by atoms with Crippen LogP contribution < -0.4 is 5.73 Å². The molecule has 1 aromatic carbocycles. The summed E-state index contributed by atoms with van der Waals surface area (Å²) in [6.07, 6.45) is 3.98. The van der Waals surface area contributed by atoms with Gasteiger partial charge in [-0.1, -0.05) is 18.6 Å². The Morgan fingerprint density at radius 1 is 1.29 bits per heavy atom. The number of nitrogen functional groups attached to an aromatic ring is 1. The van der Waals surface area contributed by atoms with Gasteiger partial charge in [-0.15, -0.1) is 0 Å². The highest BCUT2D eigenvalue weighted by Crippen LogP contribution is 2.25. The molecule has 3 nitrogen and oxygen atoms in total. The van der Waals surface area contributed by atoms with E-state index in [9.17, 15) is 4.79 Å². The first-order chi connectivity index (χ1) is 8.18. The molecule has 0 radical (unpaired) electrons. The summed E-state index contributed by atoms with van der Waals surface area (Å²) in [6.45, 7) is 2.95. The van der Waals surface area contributed by atoms with E-state index in [1.165, 1.54) is 0 Å². The number of anilines is 1. The SMILES string of the molecule is CC(c1cccc(N)c1)N1CCCCCC1=O. The Morgan fingerprint density at radius 2 is 2.12 bits per heavy atom. The lowest BCUT2D eigenvalue weighted by atomic mass is 10.1. The quantitative estimate of drug-likeness (QED) is 0.797. The first kappa shape index (κ1) is 12.0. The highest BCUT2D eigenvalue weighted by molar-refractivity contribution is 5.77. The van der Waals surface area contributed by atoms with Crippen LogP contribution in [-0.4, -0.2) is 17.4 Å². The summed E-state index contributed by atoms with van der Waals surface area (Å²) < 4.78 is 0. The largest absolute Gasteiger partial charge is 0.399 e. The molecule has 1 amide bonds. The summed E-state index contributed by atoms with van der Waals surface area (Å²) >= 11 is 0. The van der Waals surface area contributed by atoms with E-state index >= 15 is 0 Å². The van der Waals surface area contributed by atoms with Gasteiger partial charge < -0.3 is 10.6 Å². The van der Waals surface area contributed by atoms with Crippen LogP contribution in [0.25, 0.3) is 0 Å². The molecule has 1 aliphatic rings. The molecule has 2 N–H and O–H groups in total. The minimum atomic E-state index is 0.129. The van der Waals surface area contributed by atoms with Crippen LogP contribution in [-0.2, 0) is 4.79 Å². The number of carbonyl (C=O) groups is 1. The van der Waals surface area contributed by atoms with Gasteiger partial charge in [0.15, 0.2) is 0 Å². The van der Waals surface area contributed by atoms with E-state index in [-0.39, 0.29) is 11.9 Å². The first-order valence-electron chi connectivity index (χ1n) is 6.33. The molecule has 1 unspecified atom stereocenters. The molecule has 0 saturated carbocycles. The molecular weight excluding hydrogens is 212 g/mol. The Bertz CT molecular complexity index is 403. The van der Waals surface area contributed by atoms with Crippen LogP contribution in [0.15, 0.2) is 24.3 Å². The Morgan fingerprint density at radius 3 is 2.88 bits per heavy atom. The van der Waals surface area contributed by atoms with Gasteiger partial charge in [-0.25, -0.2) is 0 Å². The maximum absolute atomic E-state index is 12.0. The predicted octanol–water partition coefficient (Wildman–Crippen LogP) is 2.73. The number of benzene rings is 1. The molecule has 1 aliphatic heterocycles. The lowest BCUT2D eigenvalue weighted by Gasteiger charge is -2.28. The predicted molar refractivity (Wildman–Crippen MR) is 69.5 cm³/mol. The van der Waals surface area contributed by atoms with Gasteiger partial charge in [-0.2, -0.15) is 0 Å². The lowest BCUT2D eigenvalue weighted by Crippen LogP contribution is -2.32. The van der Waals surface area contributed by atoms with Gasteiger partial charge in [0.2, 0.25) is 5.91 Å². The molecule has 1 aromatic rings. The minimum Gasteiger partial charge on any atom is -0.399 e. The second kappa shape index (κ2) is 5.21. The zero-order valence-electron chi connectivity index (χ0n) is 10.4. The number of carbonyl (C=O) groups excluding carboxylic acids is 1. The zero-order chi connectivity index (χ0) is 12.3. The Hall–Kier alpha value is -1.51. The second-order valence-corrected chi connectivity index (χ2v) is 4.74. The number of hydrogen-bond donors (Lipinski definition) is 1. The van der Waals surface area contributed by atoms with Gasteiger partial charge in [0.05, 0.1) is 6.04 Å². The van der Waals surface area contributed by atoms with Crippen molar-refractivity contribution in [2.24, 2.45) is 0 Å². The van der Waals surface area contributed by atoms with Gasteiger partial charge in [-0.05, 0) is 37.5 Å². The number of hydrogen-bond acceptors (Lipinski definition) is 2. The van der Waals surface area contributed by atoms with Crippen molar-refractivity contribution < 1.29 is 4.79 Å². The lowest BCUT2D eigenvalue weighted by molar-refractivity contribution is -0.132. The van der Waals surface area contributed by atoms with Crippen LogP contribution in [0.3, 0.4) is 0 Å². The van der Waals surface area contributed by atoms with Crippen molar-refractivity contribution >= 4 is 11.6 Å². The molecule has 92 valence electrons. The fraction of sp³-hybridized carbons (Fsp3) is 0.500. The first-order valence-corrected chi connectivity index (χ1v) is 6.33. The molecule has 1 fully saturated rings. The van der Waals surface area contributed by atoms with Crippen molar-refractivity contribution in [2.75, 3.05) is 12.3 Å². The Balaban J connectivity index is 2.17. The summed E-state index contributed by atoms with van der Waals surface area (Å²) in [5.41, 5.74) is 7.67. The second-order valence-electron chi connectivity index (χ2n) is 4.74. The topological polar surface area (TPSA) is 46.3 Å². The summed E-state index contributed by atoms with van der Waals surface area (Å²) in [6, 6.07) is 7.95. The van der Waals surface area contributed by atoms with Gasteiger partial charge in [0.25, 0.3) is 0 Å². The van der Waals surface area contributed by atoms with E-state index in [2.05, 4.69) is 6.92 Å². The van der Waals surface area contributed by atoms with Crippen LogP contribution in [0, 0.1) is 0 Å². The normalized spacial score (nSPS) is 18.9. The fourth-order valence-corrected chi connectivity index (χ4v) is 2.41. The summed E-state index contributed by atoms with van der Waals surface area (Å²) in [4.78, 5) is 14.0. The average molecular weight is 232 g/mol. The van der Waals surface area contributed by atoms with Crippen molar-refractivity contribution in [1.29, 1.82) is 0 Å². The van der Waals surface area contributed by atoms with Crippen LogP contribution in [0.1, 0.15) is 44.2 Å². The Labute approximate surface area is 103 Å². The highest BCUT2D eigenvalue weighted by atomic mass is 16.2. The van der Waals surface area contributed by atoms with Crippen LogP contribution in [0.4, 0.5) is 5.69 Å². The molecular formula is C14H20N2O.